The summed E-state index contributed by atoms with van der Waals surface area (Å²) in [5.74, 6) is 1.72. The molecule has 0 aromatic carbocycles. The Balaban J connectivity index is 0.00000441. The molecule has 1 aliphatic rings. The number of hydrogen-bond acceptors (Lipinski definition) is 2. The van der Waals surface area contributed by atoms with Gasteiger partial charge in [-0.2, -0.15) is 0 Å². The third-order valence-corrected chi connectivity index (χ3v) is 3.87. The minimum absolute atomic E-state index is 0. The lowest BCUT2D eigenvalue weighted by atomic mass is 9.92. The smallest absolute Gasteiger partial charge is 0.227 e. The van der Waals surface area contributed by atoms with Crippen molar-refractivity contribution in [2.45, 2.75) is 47.5 Å². The summed E-state index contributed by atoms with van der Waals surface area (Å²) in [5.41, 5.74) is -0.474. The number of aliphatic imine (C=N–C) groups is 1. The van der Waals surface area contributed by atoms with Crippen LogP contribution in [0.1, 0.15) is 47.5 Å². The van der Waals surface area contributed by atoms with Gasteiger partial charge >= 0.3 is 0 Å². The van der Waals surface area contributed by atoms with E-state index in [0.717, 1.165) is 25.6 Å². The Hall–Kier alpha value is -0.530. The zero-order chi connectivity index (χ0) is 15.9. The van der Waals surface area contributed by atoms with Crippen molar-refractivity contribution in [2.75, 3.05) is 32.7 Å². The Kier molecular flexibility index (Phi) is 10.0. The van der Waals surface area contributed by atoms with Gasteiger partial charge in [-0.25, -0.2) is 0 Å². The number of piperidine rings is 1. The molecule has 2 N–H and O–H groups in total. The van der Waals surface area contributed by atoms with E-state index in [2.05, 4.69) is 29.4 Å². The van der Waals surface area contributed by atoms with Crippen molar-refractivity contribution in [3.05, 3.63) is 0 Å². The van der Waals surface area contributed by atoms with Gasteiger partial charge in [0.05, 0.1) is 12.0 Å². The molecule has 22 heavy (non-hydrogen) atoms. The van der Waals surface area contributed by atoms with Gasteiger partial charge < -0.3 is 15.5 Å². The minimum atomic E-state index is -0.474. The predicted molar refractivity (Wildman–Crippen MR) is 104 cm³/mol. The second-order valence-corrected chi connectivity index (χ2v) is 6.61. The summed E-state index contributed by atoms with van der Waals surface area (Å²) >= 11 is 0. The molecule has 1 amide bonds. The van der Waals surface area contributed by atoms with E-state index in [1.807, 2.05) is 20.8 Å². The van der Waals surface area contributed by atoms with Crippen LogP contribution in [-0.2, 0) is 4.79 Å². The van der Waals surface area contributed by atoms with E-state index in [1.165, 1.54) is 12.8 Å². The van der Waals surface area contributed by atoms with E-state index in [0.29, 0.717) is 19.0 Å². The van der Waals surface area contributed by atoms with Gasteiger partial charge in [0, 0.05) is 26.2 Å². The van der Waals surface area contributed by atoms with Crippen LogP contribution in [0.3, 0.4) is 0 Å². The average molecular weight is 424 g/mol. The number of guanidine groups is 1. The van der Waals surface area contributed by atoms with Gasteiger partial charge in [0.15, 0.2) is 5.96 Å². The lowest BCUT2D eigenvalue weighted by molar-refractivity contribution is -0.128. The number of rotatable bonds is 5. The highest BCUT2D eigenvalue weighted by Gasteiger charge is 2.27. The van der Waals surface area contributed by atoms with Gasteiger partial charge in [-0.3, -0.25) is 9.79 Å². The molecule has 1 unspecified atom stereocenters. The van der Waals surface area contributed by atoms with E-state index in [-0.39, 0.29) is 29.9 Å². The van der Waals surface area contributed by atoms with Crippen molar-refractivity contribution in [1.82, 2.24) is 15.5 Å². The van der Waals surface area contributed by atoms with Crippen LogP contribution in [0.5, 0.6) is 0 Å². The Labute approximate surface area is 152 Å². The summed E-state index contributed by atoms with van der Waals surface area (Å²) in [4.78, 5) is 19.1. The number of nitrogens with one attached hydrogen (secondary N) is 2. The number of halogens is 1. The molecule has 1 saturated heterocycles. The normalized spacial score (nSPS) is 19.4. The highest BCUT2D eigenvalue weighted by molar-refractivity contribution is 14.0. The van der Waals surface area contributed by atoms with Crippen LogP contribution in [0.25, 0.3) is 0 Å². The fourth-order valence-corrected chi connectivity index (χ4v) is 2.55. The molecule has 5 nitrogen and oxygen atoms in total. The molecule has 6 heteroatoms. The highest BCUT2D eigenvalue weighted by Crippen LogP contribution is 2.18. The fourth-order valence-electron chi connectivity index (χ4n) is 2.55. The first-order valence-electron chi connectivity index (χ1n) is 8.22. The number of hydrogen-bond donors (Lipinski definition) is 2. The van der Waals surface area contributed by atoms with Gasteiger partial charge in [0.1, 0.15) is 0 Å². The summed E-state index contributed by atoms with van der Waals surface area (Å²) in [6.45, 7) is 14.3. The maximum Gasteiger partial charge on any atom is 0.227 e. The van der Waals surface area contributed by atoms with Gasteiger partial charge in [-0.15, -0.1) is 24.0 Å². The van der Waals surface area contributed by atoms with Gasteiger partial charge in [-0.05, 0) is 46.5 Å². The molecule has 0 aromatic heterocycles. The Morgan fingerprint density at radius 2 is 1.91 bits per heavy atom. The topological polar surface area (TPSA) is 56.7 Å². The lowest BCUT2D eigenvalue weighted by Crippen LogP contribution is -2.47. The van der Waals surface area contributed by atoms with Crippen molar-refractivity contribution in [3.63, 3.8) is 0 Å². The first-order valence-corrected chi connectivity index (χ1v) is 8.22. The average Bonchev–Trinajstić information content (AvgIpc) is 2.43. The Morgan fingerprint density at radius 3 is 2.45 bits per heavy atom. The molecule has 1 fully saturated rings. The molecule has 0 bridgehead atoms. The van der Waals surface area contributed by atoms with Crippen LogP contribution in [0.15, 0.2) is 4.99 Å². The summed E-state index contributed by atoms with van der Waals surface area (Å²) in [6.07, 6.45) is 2.51. The van der Waals surface area contributed by atoms with Crippen LogP contribution in [0.4, 0.5) is 0 Å². The predicted octanol–water partition coefficient (Wildman–Crippen LogP) is 2.46. The first-order chi connectivity index (χ1) is 9.90. The fraction of sp³-hybridized carbons (Fsp3) is 0.875. The molecule has 0 saturated carbocycles. The summed E-state index contributed by atoms with van der Waals surface area (Å²) < 4.78 is 0. The van der Waals surface area contributed by atoms with E-state index < -0.39 is 5.41 Å². The SMILES string of the molecule is CCNC(=O)C(C)(C)CN=C(NCC)N1CCCC(C)C1.I. The van der Waals surface area contributed by atoms with Crippen molar-refractivity contribution in [1.29, 1.82) is 0 Å². The molecule has 0 aromatic rings. The van der Waals surface area contributed by atoms with Crippen LogP contribution < -0.4 is 10.6 Å². The van der Waals surface area contributed by atoms with Gasteiger partial charge in [0.25, 0.3) is 0 Å². The van der Waals surface area contributed by atoms with E-state index in [9.17, 15) is 4.79 Å². The first kappa shape index (κ1) is 21.5. The molecule has 1 heterocycles. The second-order valence-electron chi connectivity index (χ2n) is 6.61. The number of carbonyl (C=O) groups excluding carboxylic acids is 1. The monoisotopic (exact) mass is 424 g/mol. The quantitative estimate of drug-likeness (QED) is 0.405. The molecule has 1 atom stereocenters. The zero-order valence-corrected chi connectivity index (χ0v) is 17.1. The standard InChI is InChI=1S/C16H32N4O.HI/c1-6-17-14(21)16(4,5)12-19-15(18-7-2)20-10-8-9-13(3)11-20;/h13H,6-12H2,1-5H3,(H,17,21)(H,18,19);1H. The molecular formula is C16H33IN4O. The lowest BCUT2D eigenvalue weighted by Gasteiger charge is -2.34. The second kappa shape index (κ2) is 10.3. The Morgan fingerprint density at radius 1 is 1.27 bits per heavy atom. The van der Waals surface area contributed by atoms with Crippen molar-refractivity contribution < 1.29 is 4.79 Å². The summed E-state index contributed by atoms with van der Waals surface area (Å²) in [6, 6.07) is 0. The maximum absolute atomic E-state index is 12.0. The molecule has 1 rings (SSSR count). The largest absolute Gasteiger partial charge is 0.357 e. The number of nitrogens with zero attached hydrogens (tertiary/aromatic N) is 2. The van der Waals surface area contributed by atoms with E-state index in [1.54, 1.807) is 0 Å². The van der Waals surface area contributed by atoms with E-state index in [4.69, 9.17) is 4.99 Å². The van der Waals surface area contributed by atoms with E-state index >= 15 is 0 Å². The van der Waals surface area contributed by atoms with Crippen molar-refractivity contribution in [2.24, 2.45) is 16.3 Å². The third kappa shape index (κ3) is 6.71. The van der Waals surface area contributed by atoms with Crippen LogP contribution >= 0.6 is 24.0 Å². The van der Waals surface area contributed by atoms with Crippen molar-refractivity contribution >= 4 is 35.8 Å². The molecule has 0 spiro atoms. The molecular weight excluding hydrogens is 391 g/mol. The summed E-state index contributed by atoms with van der Waals surface area (Å²) in [7, 11) is 0. The van der Waals surface area contributed by atoms with Crippen LogP contribution in [0.2, 0.25) is 0 Å². The number of amides is 1. The molecule has 0 radical (unpaired) electrons. The van der Waals surface area contributed by atoms with Crippen LogP contribution in [-0.4, -0.2) is 49.5 Å². The van der Waals surface area contributed by atoms with Crippen LogP contribution in [0, 0.1) is 11.3 Å². The Bertz CT molecular complexity index is 371. The minimum Gasteiger partial charge on any atom is -0.357 e. The third-order valence-electron chi connectivity index (χ3n) is 3.87. The number of carbonyl (C=O) groups is 1. The number of likely N-dealkylation sites (tertiary alicyclic amines) is 1. The van der Waals surface area contributed by atoms with Gasteiger partial charge in [-0.1, -0.05) is 6.92 Å². The summed E-state index contributed by atoms with van der Waals surface area (Å²) in [5, 5.41) is 6.25. The van der Waals surface area contributed by atoms with Gasteiger partial charge in [0.2, 0.25) is 5.91 Å². The molecule has 130 valence electrons. The zero-order valence-electron chi connectivity index (χ0n) is 14.7. The molecule has 0 aliphatic carbocycles. The molecule has 1 aliphatic heterocycles. The van der Waals surface area contributed by atoms with Crippen molar-refractivity contribution in [3.8, 4) is 0 Å². The maximum atomic E-state index is 12.0. The highest BCUT2D eigenvalue weighted by atomic mass is 127.